The number of carbonyl (C=O) groups is 14. The number of amides is 13. The third-order valence-electron chi connectivity index (χ3n) is 20.1. The molecule has 0 saturated carbocycles. The van der Waals surface area contributed by atoms with E-state index in [1.54, 1.807) is 59.9 Å². The molecule has 122 heavy (non-hydrogen) atoms. The molecule has 0 fully saturated rings. The molecule has 2 rings (SSSR count). The zero-order valence-electron chi connectivity index (χ0n) is 73.1. The predicted molar refractivity (Wildman–Crippen MR) is 467 cm³/mol. The fraction of sp³-hybridized carbons (Fsp3) is 0.704. The highest BCUT2D eigenvalue weighted by Crippen LogP contribution is 2.21. The number of para-hydroxylation sites is 1. The van der Waals surface area contributed by atoms with E-state index in [0.29, 0.717) is 87.2 Å². The highest BCUT2D eigenvalue weighted by molar-refractivity contribution is 6.00. The number of guanidine groups is 2. The summed E-state index contributed by atoms with van der Waals surface area (Å²) in [4.78, 5) is 210. The Bertz CT molecular complexity index is 3680. The maximum Gasteiger partial charge on any atom is 0.326 e. The number of aromatic nitrogens is 1. The quantitative estimate of drug-likeness (QED) is 0.0175. The molecule has 1 heterocycles. The number of carbonyl (C=O) groups excluding carboxylic acids is 13. The minimum atomic E-state index is -1.47. The highest BCUT2D eigenvalue weighted by atomic mass is 16.4. The maximum absolute atomic E-state index is 15.2. The average Bonchev–Trinajstić information content (AvgIpc) is 1.64. The summed E-state index contributed by atoms with van der Waals surface area (Å²) in [6.45, 7) is 18.0. The van der Waals surface area contributed by atoms with Crippen LogP contribution in [0.5, 0.6) is 0 Å². The van der Waals surface area contributed by atoms with E-state index >= 15 is 4.79 Å². The molecule has 0 unspecified atom stereocenters. The number of fused-ring (bicyclic) bond motifs is 1. The number of carboxylic acids is 1. The second-order valence-corrected chi connectivity index (χ2v) is 32.6. The Morgan fingerprint density at radius 1 is 0.344 bits per heavy atom. The van der Waals surface area contributed by atoms with Crippen molar-refractivity contribution in [3.8, 4) is 0 Å². The van der Waals surface area contributed by atoms with Crippen molar-refractivity contribution in [3.63, 3.8) is 0 Å². The van der Waals surface area contributed by atoms with Gasteiger partial charge in [-0.2, -0.15) is 0 Å². The maximum atomic E-state index is 15.2. The van der Waals surface area contributed by atoms with Crippen LogP contribution in [0.1, 0.15) is 210 Å². The van der Waals surface area contributed by atoms with Gasteiger partial charge in [-0.3, -0.25) is 72.3 Å². The molecule has 0 aliphatic heterocycles. The molecular weight excluding hydrogens is 1580 g/mol. The van der Waals surface area contributed by atoms with E-state index in [-0.39, 0.29) is 140 Å². The first-order valence-corrected chi connectivity index (χ1v) is 42.8. The first-order valence-electron chi connectivity index (χ1n) is 42.8. The lowest BCUT2D eigenvalue weighted by Crippen LogP contribution is -2.61. The fourth-order valence-corrected chi connectivity index (χ4v) is 13.2. The standard InChI is InChI=1S/C81H146N26O15/c1-45(2)41-61(103-72(114)59(33-24-40-93-81(90)91)98-70(112)58(96-66(108)49(9)87)32-23-39-92-80(88)89)74(116)99-54(27-13-18-34-82)68(110)95-50(10)67(109)106-64(47(5)6)77(119)105-63(43-51-44-94-53-26-12-11-25-52(51)53)76(118)101-55(28-14-19-35-83)69(111)97-57(30-16-21-37-85)73(115)107-65(48(7)8)78(120)104-62(42-46(3)4)75(117)100-56(29-15-20-36-84)71(113)102-60(79(121)122)31-17-22-38-86/h11-12,25-26,44-50,54-65,94H,13-24,27-43,82-87H2,1-10H3,(H,95,110)(H,96,108)(H,97,111)(H,98,112)(H,99,116)(H,100,117)(H,101,118)(H,102,113)(H,103,114)(H,104,120)(H,105,119)(H,106,109)(H,107,115)(H,121,122)(H4,88,89,92)(H4,90,91,93)/t49-,50-,54-,55-,56-,57-,58-,59-,60-,61-,62-,63-,64-,65-/m0/s1. The van der Waals surface area contributed by atoms with Crippen LogP contribution in [-0.4, -0.2) is 235 Å². The van der Waals surface area contributed by atoms with E-state index in [9.17, 15) is 67.4 Å². The number of nitrogens with one attached hydrogen (secondary N) is 14. The predicted octanol–water partition coefficient (Wildman–Crippen LogP) is -3.38. The Hall–Kier alpha value is -10.4. The number of nitrogens with zero attached hydrogens (tertiary/aromatic N) is 2. The van der Waals surface area contributed by atoms with Gasteiger partial charge >= 0.3 is 5.97 Å². The zero-order valence-corrected chi connectivity index (χ0v) is 73.1. The van der Waals surface area contributed by atoms with Crippen molar-refractivity contribution >= 4 is 106 Å². The number of benzene rings is 1. The number of aromatic amines is 1. The number of aliphatic carboxylic acids is 1. The van der Waals surface area contributed by atoms with Crippen LogP contribution in [0.4, 0.5) is 0 Å². The van der Waals surface area contributed by atoms with E-state index < -0.39 is 179 Å². The monoisotopic (exact) mass is 1720 g/mol. The van der Waals surface area contributed by atoms with Crippen molar-refractivity contribution in [2.24, 2.45) is 91.0 Å². The summed E-state index contributed by atoms with van der Waals surface area (Å²) in [6.07, 6.45) is 6.17. The number of H-pyrrole nitrogens is 1. The van der Waals surface area contributed by atoms with Crippen LogP contribution in [0, 0.1) is 23.7 Å². The number of rotatable bonds is 63. The van der Waals surface area contributed by atoms with Crippen LogP contribution in [-0.2, 0) is 73.5 Å². The Balaban J connectivity index is 2.59. The second kappa shape index (κ2) is 58.6. The molecule has 41 heteroatoms. The van der Waals surface area contributed by atoms with Gasteiger partial charge in [0.1, 0.15) is 78.5 Å². The summed E-state index contributed by atoms with van der Waals surface area (Å²) in [5.41, 5.74) is 58.3. The third kappa shape index (κ3) is 41.5. The lowest BCUT2D eigenvalue weighted by atomic mass is 9.98. The van der Waals surface area contributed by atoms with Crippen molar-refractivity contribution in [2.75, 3.05) is 45.8 Å². The summed E-state index contributed by atoms with van der Waals surface area (Å²) in [6, 6.07) is -11.0. The molecule has 0 aliphatic rings. The molecule has 0 saturated heterocycles. The van der Waals surface area contributed by atoms with E-state index in [2.05, 4.69) is 84.1 Å². The molecule has 41 nitrogen and oxygen atoms in total. The van der Waals surface area contributed by atoms with Crippen molar-refractivity contribution in [1.82, 2.24) is 74.1 Å². The Morgan fingerprint density at radius 3 is 0.975 bits per heavy atom. The number of hydrogen-bond acceptors (Lipinski definition) is 22. The summed E-state index contributed by atoms with van der Waals surface area (Å²) in [5, 5.41) is 46.0. The molecule has 1 aromatic carbocycles. The third-order valence-corrected chi connectivity index (χ3v) is 20.1. The molecule has 0 radical (unpaired) electrons. The summed E-state index contributed by atoms with van der Waals surface area (Å²) in [7, 11) is 0. The largest absolute Gasteiger partial charge is 0.480 e. The number of carboxylic acid groups (broad SMARTS) is 1. The summed E-state index contributed by atoms with van der Waals surface area (Å²) in [5.74, 6) is -13.7. The molecule has 1 aromatic heterocycles. The van der Waals surface area contributed by atoms with Gasteiger partial charge in [0.25, 0.3) is 0 Å². The Labute approximate surface area is 716 Å². The topological polar surface area (TPSA) is 716 Å². The van der Waals surface area contributed by atoms with Gasteiger partial charge in [-0.1, -0.05) is 73.6 Å². The van der Waals surface area contributed by atoms with Gasteiger partial charge in [0, 0.05) is 36.6 Å². The van der Waals surface area contributed by atoms with Gasteiger partial charge in [-0.15, -0.1) is 0 Å². The van der Waals surface area contributed by atoms with Gasteiger partial charge in [0.2, 0.25) is 76.8 Å². The Morgan fingerprint density at radius 2 is 0.631 bits per heavy atom. The van der Waals surface area contributed by atoms with Crippen LogP contribution in [0.2, 0.25) is 0 Å². The van der Waals surface area contributed by atoms with E-state index in [1.165, 1.54) is 13.8 Å². The summed E-state index contributed by atoms with van der Waals surface area (Å²) < 4.78 is 0. The van der Waals surface area contributed by atoms with Crippen molar-refractivity contribution in [2.45, 2.75) is 295 Å². The normalized spacial score (nSPS) is 14.8. The molecule has 35 N–H and O–H groups in total. The van der Waals surface area contributed by atoms with E-state index in [0.717, 1.165) is 0 Å². The zero-order chi connectivity index (χ0) is 91.7. The number of unbranched alkanes of at least 4 members (excludes halogenated alkanes) is 5. The van der Waals surface area contributed by atoms with E-state index in [1.807, 2.05) is 26.0 Å². The van der Waals surface area contributed by atoms with E-state index in [4.69, 9.17) is 57.3 Å². The van der Waals surface area contributed by atoms with Crippen LogP contribution >= 0.6 is 0 Å². The van der Waals surface area contributed by atoms with Crippen molar-refractivity contribution in [1.29, 1.82) is 0 Å². The van der Waals surface area contributed by atoms with Crippen LogP contribution in [0.25, 0.3) is 10.9 Å². The molecule has 13 amide bonds. The van der Waals surface area contributed by atoms with Crippen LogP contribution in [0.3, 0.4) is 0 Å². The SMILES string of the molecule is CC(C)C[C@H](NC(=O)[C@H](CCCN=C(N)N)NC(=O)[C@H](CCCN=C(N)N)NC(=O)[C@H](C)N)C(=O)N[C@@H](CCCCN)C(=O)N[C@@H](C)C(=O)N[C@H](C(=O)N[C@@H](Cc1c[nH]c2ccccc12)C(=O)N[C@@H](CCCCN)C(=O)N[C@@H](CCCCN)C(=O)N[C@H](C(=O)N[C@@H](CC(C)C)C(=O)N[C@@H](CCCCN)C(=O)N[C@@H](CCCCN)C(=O)O)C(C)C)C(C)C. The smallest absolute Gasteiger partial charge is 0.326 e. The first kappa shape index (κ1) is 108. The Kier molecular flexibility index (Phi) is 51.7. The lowest BCUT2D eigenvalue weighted by molar-refractivity contribution is -0.142. The molecule has 0 spiro atoms. The molecule has 0 bridgehead atoms. The van der Waals surface area contributed by atoms with Gasteiger partial charge in [0.05, 0.1) is 6.04 Å². The second-order valence-electron chi connectivity index (χ2n) is 32.6. The average molecular weight is 1720 g/mol. The molecule has 2 aromatic rings. The van der Waals surface area contributed by atoms with Crippen molar-refractivity contribution < 1.29 is 72.2 Å². The first-order chi connectivity index (χ1) is 57.7. The van der Waals surface area contributed by atoms with Gasteiger partial charge < -0.3 is 137 Å². The minimum absolute atomic E-state index is 0.00784. The number of nitrogens with two attached hydrogens (primary N) is 10. The fourth-order valence-electron chi connectivity index (χ4n) is 13.2. The highest BCUT2D eigenvalue weighted by Gasteiger charge is 2.39. The summed E-state index contributed by atoms with van der Waals surface area (Å²) >= 11 is 0. The van der Waals surface area contributed by atoms with Gasteiger partial charge in [-0.25, -0.2) is 4.79 Å². The van der Waals surface area contributed by atoms with Gasteiger partial charge in [-0.05, 0) is 217 Å². The van der Waals surface area contributed by atoms with Crippen molar-refractivity contribution in [3.05, 3.63) is 36.0 Å². The number of aliphatic imine (C=N–C) groups is 2. The number of hydrogen-bond donors (Lipinski definition) is 25. The minimum Gasteiger partial charge on any atom is -0.480 e. The van der Waals surface area contributed by atoms with Crippen LogP contribution in [0.15, 0.2) is 40.4 Å². The molecule has 0 aliphatic carbocycles. The van der Waals surface area contributed by atoms with Crippen LogP contribution < -0.4 is 126 Å². The molecular formula is C81H146N26O15. The van der Waals surface area contributed by atoms with Gasteiger partial charge in [0.15, 0.2) is 11.9 Å². The lowest BCUT2D eigenvalue weighted by Gasteiger charge is -2.30. The molecule has 14 atom stereocenters. The molecule has 690 valence electrons.